The van der Waals surface area contributed by atoms with E-state index >= 15 is 0 Å². The van der Waals surface area contributed by atoms with Crippen molar-refractivity contribution in [1.29, 1.82) is 0 Å². The molecule has 0 atom stereocenters. The first kappa shape index (κ1) is 17.0. The minimum Gasteiger partial charge on any atom is -0.334 e. The standard InChI is InChI=1S/C17H24N4O2/c1-3-5-9-21(10-6-4-2)17(23)16(22)19-14-8-7-13-12-18-20-15(13)11-14/h7-8,11-12H,3-6,9-10H2,1-2H3,(H,18,20)(H,19,22). The van der Waals surface area contributed by atoms with E-state index < -0.39 is 11.8 Å². The number of hydrogen-bond donors (Lipinski definition) is 2. The van der Waals surface area contributed by atoms with Gasteiger partial charge in [-0.25, -0.2) is 0 Å². The normalized spacial score (nSPS) is 10.7. The first-order valence-corrected chi connectivity index (χ1v) is 8.19. The maximum absolute atomic E-state index is 12.4. The number of amides is 2. The van der Waals surface area contributed by atoms with Gasteiger partial charge in [0, 0.05) is 24.2 Å². The van der Waals surface area contributed by atoms with Crippen molar-refractivity contribution in [2.75, 3.05) is 18.4 Å². The van der Waals surface area contributed by atoms with Crippen LogP contribution in [-0.2, 0) is 9.59 Å². The fraction of sp³-hybridized carbons (Fsp3) is 0.471. The summed E-state index contributed by atoms with van der Waals surface area (Å²) in [6.07, 6.45) is 5.51. The molecule has 2 aromatic rings. The third kappa shape index (κ3) is 4.55. The molecule has 0 radical (unpaired) electrons. The largest absolute Gasteiger partial charge is 0.334 e. The second kappa shape index (κ2) is 8.31. The molecule has 0 spiro atoms. The lowest BCUT2D eigenvalue weighted by Crippen LogP contribution is -2.40. The van der Waals surface area contributed by atoms with E-state index in [4.69, 9.17) is 0 Å². The van der Waals surface area contributed by atoms with Crippen molar-refractivity contribution in [3.05, 3.63) is 24.4 Å². The summed E-state index contributed by atoms with van der Waals surface area (Å²) in [5, 5.41) is 10.4. The highest BCUT2D eigenvalue weighted by Crippen LogP contribution is 2.16. The molecule has 2 amide bonds. The number of anilines is 1. The van der Waals surface area contributed by atoms with Crippen LogP contribution in [0, 0.1) is 0 Å². The molecule has 0 saturated heterocycles. The van der Waals surface area contributed by atoms with Gasteiger partial charge >= 0.3 is 11.8 Å². The Morgan fingerprint density at radius 2 is 1.87 bits per heavy atom. The summed E-state index contributed by atoms with van der Waals surface area (Å²) in [6.45, 7) is 5.40. The van der Waals surface area contributed by atoms with Gasteiger partial charge in [-0.05, 0) is 31.0 Å². The van der Waals surface area contributed by atoms with Crippen LogP contribution in [0.5, 0.6) is 0 Å². The molecule has 6 nitrogen and oxygen atoms in total. The van der Waals surface area contributed by atoms with Crippen molar-refractivity contribution >= 4 is 28.4 Å². The first-order valence-electron chi connectivity index (χ1n) is 8.19. The Balaban J connectivity index is 2.02. The van der Waals surface area contributed by atoms with E-state index in [1.54, 1.807) is 23.2 Å². The number of aromatic nitrogens is 2. The van der Waals surface area contributed by atoms with E-state index in [0.717, 1.165) is 36.6 Å². The van der Waals surface area contributed by atoms with Crippen molar-refractivity contribution in [2.24, 2.45) is 0 Å². The Hall–Kier alpha value is -2.37. The van der Waals surface area contributed by atoms with Crippen LogP contribution in [0.2, 0.25) is 0 Å². The molecule has 124 valence electrons. The average Bonchev–Trinajstić information content (AvgIpc) is 3.02. The third-order valence-electron chi connectivity index (χ3n) is 3.74. The Morgan fingerprint density at radius 1 is 1.17 bits per heavy atom. The maximum Gasteiger partial charge on any atom is 0.313 e. The Morgan fingerprint density at radius 3 is 2.52 bits per heavy atom. The SMILES string of the molecule is CCCCN(CCCC)C(=O)C(=O)Nc1ccc2cn[nH]c2c1. The van der Waals surface area contributed by atoms with Gasteiger partial charge in [-0.15, -0.1) is 0 Å². The fourth-order valence-corrected chi connectivity index (χ4v) is 2.36. The van der Waals surface area contributed by atoms with E-state index in [-0.39, 0.29) is 0 Å². The molecule has 0 saturated carbocycles. The first-order chi connectivity index (χ1) is 11.2. The molecule has 0 aliphatic carbocycles. The van der Waals surface area contributed by atoms with Crippen LogP contribution in [0.15, 0.2) is 24.4 Å². The third-order valence-corrected chi connectivity index (χ3v) is 3.74. The molecule has 2 rings (SSSR count). The summed E-state index contributed by atoms with van der Waals surface area (Å²) in [7, 11) is 0. The van der Waals surface area contributed by atoms with Gasteiger partial charge in [-0.2, -0.15) is 5.10 Å². The lowest BCUT2D eigenvalue weighted by atomic mass is 10.2. The lowest BCUT2D eigenvalue weighted by Gasteiger charge is -2.21. The van der Waals surface area contributed by atoms with Crippen molar-refractivity contribution < 1.29 is 9.59 Å². The lowest BCUT2D eigenvalue weighted by molar-refractivity contribution is -0.143. The minimum absolute atomic E-state index is 0.461. The zero-order valence-corrected chi connectivity index (χ0v) is 13.8. The monoisotopic (exact) mass is 316 g/mol. The van der Waals surface area contributed by atoms with Gasteiger partial charge in [0.25, 0.3) is 0 Å². The molecule has 6 heteroatoms. The molecule has 2 N–H and O–H groups in total. The summed E-state index contributed by atoms with van der Waals surface area (Å²) >= 11 is 0. The van der Waals surface area contributed by atoms with Gasteiger partial charge < -0.3 is 10.2 Å². The molecule has 0 unspecified atom stereocenters. The zero-order chi connectivity index (χ0) is 16.7. The minimum atomic E-state index is -0.587. The number of nitrogens with zero attached hydrogens (tertiary/aromatic N) is 2. The smallest absolute Gasteiger partial charge is 0.313 e. The number of carbonyl (C=O) groups is 2. The summed E-state index contributed by atoms with van der Waals surface area (Å²) in [5.74, 6) is -1.05. The molecular formula is C17H24N4O2. The van der Waals surface area contributed by atoms with Crippen molar-refractivity contribution in [3.63, 3.8) is 0 Å². The van der Waals surface area contributed by atoms with E-state index in [1.807, 2.05) is 6.07 Å². The second-order valence-corrected chi connectivity index (χ2v) is 5.63. The number of benzene rings is 1. The van der Waals surface area contributed by atoms with Gasteiger partial charge in [0.15, 0.2) is 0 Å². The maximum atomic E-state index is 12.4. The molecule has 0 bridgehead atoms. The number of rotatable bonds is 7. The van der Waals surface area contributed by atoms with Gasteiger partial charge in [0.1, 0.15) is 0 Å². The number of aromatic amines is 1. The summed E-state index contributed by atoms with van der Waals surface area (Å²) in [4.78, 5) is 26.2. The fourth-order valence-electron chi connectivity index (χ4n) is 2.36. The van der Waals surface area contributed by atoms with Crippen LogP contribution in [0.1, 0.15) is 39.5 Å². The Labute approximate surface area is 136 Å². The van der Waals surface area contributed by atoms with Crippen LogP contribution in [0.4, 0.5) is 5.69 Å². The number of unbranched alkanes of at least 4 members (excludes halogenated alkanes) is 2. The highest BCUT2D eigenvalue weighted by molar-refractivity contribution is 6.39. The highest BCUT2D eigenvalue weighted by Gasteiger charge is 2.21. The zero-order valence-electron chi connectivity index (χ0n) is 13.8. The molecule has 1 aromatic carbocycles. The predicted octanol–water partition coefficient (Wildman–Crippen LogP) is 2.93. The molecular weight excluding hydrogens is 292 g/mol. The van der Waals surface area contributed by atoms with Crippen molar-refractivity contribution in [2.45, 2.75) is 39.5 Å². The average molecular weight is 316 g/mol. The molecule has 0 aliphatic heterocycles. The second-order valence-electron chi connectivity index (χ2n) is 5.63. The van der Waals surface area contributed by atoms with E-state index in [1.165, 1.54) is 0 Å². The topological polar surface area (TPSA) is 78.1 Å². The summed E-state index contributed by atoms with van der Waals surface area (Å²) in [5.41, 5.74) is 1.41. The van der Waals surface area contributed by atoms with Crippen LogP contribution in [-0.4, -0.2) is 40.0 Å². The van der Waals surface area contributed by atoms with E-state index in [2.05, 4.69) is 29.4 Å². The van der Waals surface area contributed by atoms with Crippen LogP contribution in [0.25, 0.3) is 10.9 Å². The van der Waals surface area contributed by atoms with Crippen LogP contribution < -0.4 is 5.32 Å². The molecule has 1 aromatic heterocycles. The van der Waals surface area contributed by atoms with Gasteiger partial charge in [-0.3, -0.25) is 14.7 Å². The Kier molecular flexibility index (Phi) is 6.14. The van der Waals surface area contributed by atoms with Gasteiger partial charge in [-0.1, -0.05) is 26.7 Å². The number of nitrogens with one attached hydrogen (secondary N) is 2. The summed E-state index contributed by atoms with van der Waals surface area (Å²) < 4.78 is 0. The molecule has 1 heterocycles. The predicted molar refractivity (Wildman–Crippen MR) is 91.1 cm³/mol. The van der Waals surface area contributed by atoms with Gasteiger partial charge in [0.2, 0.25) is 0 Å². The van der Waals surface area contributed by atoms with Crippen LogP contribution >= 0.6 is 0 Å². The summed E-state index contributed by atoms with van der Waals surface area (Å²) in [6, 6.07) is 5.40. The van der Waals surface area contributed by atoms with Crippen LogP contribution in [0.3, 0.4) is 0 Å². The van der Waals surface area contributed by atoms with Crippen molar-refractivity contribution in [3.8, 4) is 0 Å². The number of carbonyl (C=O) groups excluding carboxylic acids is 2. The van der Waals surface area contributed by atoms with Gasteiger partial charge in [0.05, 0.1) is 11.7 Å². The van der Waals surface area contributed by atoms with E-state index in [0.29, 0.717) is 18.8 Å². The molecule has 0 aliphatic rings. The number of hydrogen-bond acceptors (Lipinski definition) is 3. The quantitative estimate of drug-likeness (QED) is 0.771. The molecule has 0 fully saturated rings. The number of H-pyrrole nitrogens is 1. The van der Waals surface area contributed by atoms with E-state index in [9.17, 15) is 9.59 Å². The van der Waals surface area contributed by atoms with Crippen molar-refractivity contribution in [1.82, 2.24) is 15.1 Å². The highest BCUT2D eigenvalue weighted by atomic mass is 16.2. The molecule has 23 heavy (non-hydrogen) atoms. The number of fused-ring (bicyclic) bond motifs is 1. The Bertz CT molecular complexity index is 657.